The zero-order chi connectivity index (χ0) is 17.4. The number of carbonyl (C=O) groups is 2. The third-order valence-corrected chi connectivity index (χ3v) is 4.67. The van der Waals surface area contributed by atoms with E-state index in [1.165, 1.54) is 4.90 Å². The van der Waals surface area contributed by atoms with Crippen molar-refractivity contribution in [2.45, 2.75) is 71.1 Å². The summed E-state index contributed by atoms with van der Waals surface area (Å²) in [6, 6.07) is -1.10. The Labute approximate surface area is 140 Å². The van der Waals surface area contributed by atoms with E-state index in [0.717, 1.165) is 25.8 Å². The summed E-state index contributed by atoms with van der Waals surface area (Å²) < 4.78 is 0. The van der Waals surface area contributed by atoms with Crippen molar-refractivity contribution < 1.29 is 14.7 Å². The van der Waals surface area contributed by atoms with E-state index in [1.807, 2.05) is 32.9 Å². The number of aliphatic hydroxyl groups is 1. The molecule has 0 bridgehead atoms. The number of aliphatic hydroxyl groups excluding tert-OH is 1. The molecule has 0 aromatic heterocycles. The van der Waals surface area contributed by atoms with Gasteiger partial charge in [-0.05, 0) is 45.6 Å². The van der Waals surface area contributed by atoms with Crippen molar-refractivity contribution in [3.63, 3.8) is 0 Å². The minimum atomic E-state index is -0.847. The van der Waals surface area contributed by atoms with Crippen LogP contribution >= 0.6 is 0 Å². The van der Waals surface area contributed by atoms with Gasteiger partial charge in [0.1, 0.15) is 6.04 Å². The van der Waals surface area contributed by atoms with Crippen LogP contribution in [0.15, 0.2) is 12.2 Å². The molecule has 4 atom stereocenters. The minimum absolute atomic E-state index is 0.0326. The summed E-state index contributed by atoms with van der Waals surface area (Å²) in [5.41, 5.74) is 0. The van der Waals surface area contributed by atoms with Crippen LogP contribution in [0.3, 0.4) is 0 Å². The lowest BCUT2D eigenvalue weighted by Gasteiger charge is -2.35. The molecule has 1 aliphatic heterocycles. The molecule has 1 fully saturated rings. The highest BCUT2D eigenvalue weighted by molar-refractivity contribution is 5.91. The minimum Gasteiger partial charge on any atom is -0.390 e. The first kappa shape index (κ1) is 19.8. The van der Waals surface area contributed by atoms with Gasteiger partial charge < -0.3 is 15.3 Å². The molecule has 0 aromatic rings. The van der Waals surface area contributed by atoms with E-state index in [0.29, 0.717) is 12.8 Å². The lowest BCUT2D eigenvalue weighted by molar-refractivity contribution is -0.144. The van der Waals surface area contributed by atoms with Gasteiger partial charge in [-0.2, -0.15) is 0 Å². The molecule has 0 saturated carbocycles. The number of amides is 1. The Morgan fingerprint density at radius 1 is 1.35 bits per heavy atom. The van der Waals surface area contributed by atoms with Crippen LogP contribution in [0.25, 0.3) is 0 Å². The Hall–Kier alpha value is -1.20. The standard InChI is InChI=1S/C18H32N2O3/c1-5-6-10-13(2)17(22)16-15(21)11-8-7-9-12-19-14(3)18(23)20(16)4/h5-6,13-14,16-17,19,22H,7-12H2,1-4H3/b6-5+/t13-,14?,16-,17-/m1/s1. The fourth-order valence-electron chi connectivity index (χ4n) is 3.03. The van der Waals surface area contributed by atoms with Gasteiger partial charge in [0, 0.05) is 13.5 Å². The Kier molecular flexibility index (Phi) is 8.48. The van der Waals surface area contributed by atoms with Crippen molar-refractivity contribution in [1.82, 2.24) is 10.2 Å². The quantitative estimate of drug-likeness (QED) is 0.775. The lowest BCUT2D eigenvalue weighted by atomic mass is 9.89. The summed E-state index contributed by atoms with van der Waals surface area (Å²) in [4.78, 5) is 26.6. The van der Waals surface area contributed by atoms with Gasteiger partial charge in [0.15, 0.2) is 5.78 Å². The van der Waals surface area contributed by atoms with E-state index in [9.17, 15) is 14.7 Å². The Balaban J connectivity index is 2.98. The number of likely N-dealkylation sites (N-methyl/N-ethyl adjacent to an activating group) is 1. The number of carbonyl (C=O) groups excluding carboxylic acids is 2. The normalized spacial score (nSPS) is 27.8. The second-order valence-corrected chi connectivity index (χ2v) is 6.62. The number of allylic oxidation sites excluding steroid dienone is 2. The van der Waals surface area contributed by atoms with Crippen LogP contribution in [0, 0.1) is 5.92 Å². The summed E-state index contributed by atoms with van der Waals surface area (Å²) in [7, 11) is 1.63. The monoisotopic (exact) mass is 324 g/mol. The largest absolute Gasteiger partial charge is 0.390 e. The van der Waals surface area contributed by atoms with E-state index in [-0.39, 0.29) is 23.7 Å². The predicted molar refractivity (Wildman–Crippen MR) is 92.1 cm³/mol. The molecule has 0 aromatic carbocycles. The molecule has 2 N–H and O–H groups in total. The van der Waals surface area contributed by atoms with Crippen molar-refractivity contribution in [1.29, 1.82) is 0 Å². The average Bonchev–Trinajstić information content (AvgIpc) is 2.55. The maximum Gasteiger partial charge on any atom is 0.239 e. The molecule has 1 heterocycles. The van der Waals surface area contributed by atoms with Gasteiger partial charge >= 0.3 is 0 Å². The van der Waals surface area contributed by atoms with Crippen LogP contribution in [0.5, 0.6) is 0 Å². The van der Waals surface area contributed by atoms with Crippen LogP contribution in [-0.2, 0) is 9.59 Å². The second-order valence-electron chi connectivity index (χ2n) is 6.62. The molecule has 5 heteroatoms. The summed E-state index contributed by atoms with van der Waals surface area (Å²) in [5, 5.41) is 13.9. The van der Waals surface area contributed by atoms with Crippen molar-refractivity contribution in [2.24, 2.45) is 5.92 Å². The van der Waals surface area contributed by atoms with Crippen molar-refractivity contribution >= 4 is 11.7 Å². The second kappa shape index (κ2) is 9.83. The van der Waals surface area contributed by atoms with Crippen molar-refractivity contribution in [3.05, 3.63) is 12.2 Å². The maximum atomic E-state index is 12.6. The number of hydrogen-bond acceptors (Lipinski definition) is 4. The van der Waals surface area contributed by atoms with E-state index < -0.39 is 12.1 Å². The van der Waals surface area contributed by atoms with Crippen LogP contribution in [-0.4, -0.2) is 53.5 Å². The van der Waals surface area contributed by atoms with E-state index in [1.54, 1.807) is 7.05 Å². The number of Topliss-reactive ketones (excluding diaryl/α,β-unsaturated/α-hetero) is 1. The summed E-state index contributed by atoms with van der Waals surface area (Å²) in [5.74, 6) is -0.249. The molecule has 5 nitrogen and oxygen atoms in total. The van der Waals surface area contributed by atoms with Gasteiger partial charge in [-0.15, -0.1) is 0 Å². The molecular formula is C18H32N2O3. The molecule has 0 spiro atoms. The number of rotatable bonds is 4. The maximum absolute atomic E-state index is 12.6. The van der Waals surface area contributed by atoms with Gasteiger partial charge in [0.2, 0.25) is 5.91 Å². The molecule has 1 amide bonds. The number of hydrogen-bond donors (Lipinski definition) is 2. The van der Waals surface area contributed by atoms with Crippen LogP contribution in [0.1, 0.15) is 52.9 Å². The summed E-state index contributed by atoms with van der Waals surface area (Å²) >= 11 is 0. The summed E-state index contributed by atoms with van der Waals surface area (Å²) in [6.07, 6.45) is 6.91. The fraction of sp³-hybridized carbons (Fsp3) is 0.778. The zero-order valence-corrected chi connectivity index (χ0v) is 14.9. The van der Waals surface area contributed by atoms with Gasteiger partial charge in [-0.25, -0.2) is 0 Å². The highest BCUT2D eigenvalue weighted by Crippen LogP contribution is 2.20. The molecule has 1 aliphatic rings. The van der Waals surface area contributed by atoms with Crippen LogP contribution in [0.4, 0.5) is 0 Å². The lowest BCUT2D eigenvalue weighted by Crippen LogP contribution is -2.55. The van der Waals surface area contributed by atoms with Gasteiger partial charge in [-0.1, -0.05) is 25.5 Å². The number of nitrogens with zero attached hydrogens (tertiary/aromatic N) is 1. The molecule has 23 heavy (non-hydrogen) atoms. The first-order valence-corrected chi connectivity index (χ1v) is 8.72. The molecule has 0 radical (unpaired) electrons. The highest BCUT2D eigenvalue weighted by Gasteiger charge is 2.36. The smallest absolute Gasteiger partial charge is 0.239 e. The zero-order valence-electron chi connectivity index (χ0n) is 14.9. The van der Waals surface area contributed by atoms with Crippen LogP contribution < -0.4 is 5.32 Å². The van der Waals surface area contributed by atoms with Gasteiger partial charge in [0.05, 0.1) is 12.1 Å². The average molecular weight is 324 g/mol. The predicted octanol–water partition coefficient (Wildman–Crippen LogP) is 1.90. The van der Waals surface area contributed by atoms with E-state index in [2.05, 4.69) is 5.32 Å². The Morgan fingerprint density at radius 3 is 2.70 bits per heavy atom. The highest BCUT2D eigenvalue weighted by atomic mass is 16.3. The molecule has 1 saturated heterocycles. The SMILES string of the molecule is C/C=C/C[C@@H](C)[C@@H](O)[C@H]1C(=O)CCCCCNC(C)C(=O)N1C. The number of nitrogens with one attached hydrogen (secondary N) is 1. The van der Waals surface area contributed by atoms with Crippen LogP contribution in [0.2, 0.25) is 0 Å². The van der Waals surface area contributed by atoms with Gasteiger partial charge in [-0.3, -0.25) is 9.59 Å². The fourth-order valence-corrected chi connectivity index (χ4v) is 3.03. The molecule has 0 aliphatic carbocycles. The third kappa shape index (κ3) is 5.74. The third-order valence-electron chi connectivity index (χ3n) is 4.67. The number of ketones is 1. The molecule has 1 rings (SSSR count). The van der Waals surface area contributed by atoms with Crippen molar-refractivity contribution in [2.75, 3.05) is 13.6 Å². The molecule has 1 unspecified atom stereocenters. The molecule has 132 valence electrons. The summed E-state index contributed by atoms with van der Waals surface area (Å²) in [6.45, 7) is 6.44. The first-order valence-electron chi connectivity index (χ1n) is 8.72. The van der Waals surface area contributed by atoms with E-state index in [4.69, 9.17) is 0 Å². The van der Waals surface area contributed by atoms with Gasteiger partial charge in [0.25, 0.3) is 0 Å². The topological polar surface area (TPSA) is 69.6 Å². The Morgan fingerprint density at radius 2 is 2.04 bits per heavy atom. The molecular weight excluding hydrogens is 292 g/mol. The van der Waals surface area contributed by atoms with Crippen molar-refractivity contribution in [3.8, 4) is 0 Å². The Bertz CT molecular complexity index is 422. The van der Waals surface area contributed by atoms with E-state index >= 15 is 0 Å². The first-order chi connectivity index (χ1) is 10.9.